The third kappa shape index (κ3) is 8.14. The number of guanidine groups is 2. The van der Waals surface area contributed by atoms with E-state index in [2.05, 4.69) is 47.7 Å². The van der Waals surface area contributed by atoms with Gasteiger partial charge in [-0.2, -0.15) is 0 Å². The summed E-state index contributed by atoms with van der Waals surface area (Å²) in [5, 5.41) is 41.5. The van der Waals surface area contributed by atoms with E-state index < -0.39 is 5.60 Å². The van der Waals surface area contributed by atoms with Crippen molar-refractivity contribution < 1.29 is 24.5 Å². The Morgan fingerprint density at radius 3 is 2.65 bits per heavy atom. The predicted molar refractivity (Wildman–Crippen MR) is 237 cm³/mol. The molecule has 7 aliphatic rings. The van der Waals surface area contributed by atoms with E-state index in [0.717, 1.165) is 115 Å². The predicted octanol–water partition coefficient (Wildman–Crippen LogP) is 7.00. The van der Waals surface area contributed by atoms with Gasteiger partial charge in [0.2, 0.25) is 0 Å². The zero-order valence-electron chi connectivity index (χ0n) is 36.6. The minimum absolute atomic E-state index is 0.0826. The van der Waals surface area contributed by atoms with Gasteiger partial charge in [-0.05, 0) is 175 Å². The van der Waals surface area contributed by atoms with Gasteiger partial charge >= 0.3 is 0 Å². The summed E-state index contributed by atoms with van der Waals surface area (Å²) in [6.45, 7) is 5.02. The number of aliphatic hydroxyl groups is 3. The number of aliphatic imine (C=N–C) groups is 2. The number of benzene rings is 1. The van der Waals surface area contributed by atoms with Gasteiger partial charge in [-0.25, -0.2) is 4.99 Å². The number of epoxide rings is 1. The van der Waals surface area contributed by atoms with Crippen LogP contribution in [0.2, 0.25) is 0 Å². The Labute approximate surface area is 357 Å². The second-order valence-electron chi connectivity index (χ2n) is 21.4. The molecule has 11 nitrogen and oxygen atoms in total. The monoisotopic (exact) mass is 827 g/mol. The molecule has 9 N–H and O–H groups in total. The van der Waals surface area contributed by atoms with Crippen LogP contribution >= 0.6 is 0 Å². The fourth-order valence-electron chi connectivity index (χ4n) is 14.4. The van der Waals surface area contributed by atoms with Crippen LogP contribution in [-0.2, 0) is 17.6 Å². The van der Waals surface area contributed by atoms with Crippen LogP contribution < -0.4 is 22.1 Å². The average Bonchev–Trinajstić information content (AvgIpc) is 3.60. The second-order valence-corrected chi connectivity index (χ2v) is 21.4. The summed E-state index contributed by atoms with van der Waals surface area (Å²) in [6, 6.07) is 4.49. The molecule has 0 amide bonds. The smallest absolute Gasteiger partial charge is 0.190 e. The highest BCUT2D eigenvalue weighted by molar-refractivity contribution is 5.86. The van der Waals surface area contributed by atoms with Gasteiger partial charge in [-0.15, -0.1) is 0 Å². The Balaban J connectivity index is 0.875. The number of hydrogen-bond acceptors (Lipinski definition) is 7. The Morgan fingerprint density at radius 2 is 1.83 bits per heavy atom. The first kappa shape index (κ1) is 42.2. The number of allylic oxidation sites excluding steroid dienone is 1. The molecule has 2 aromatic rings. The topological polar surface area (TPSA) is 187 Å². The summed E-state index contributed by atoms with van der Waals surface area (Å²) >= 11 is 0. The van der Waals surface area contributed by atoms with Crippen LogP contribution in [0.25, 0.3) is 10.8 Å². The molecule has 11 heteroatoms. The fraction of sp³-hybridized carbons (Fsp3) is 0.755. The van der Waals surface area contributed by atoms with Gasteiger partial charge in [0.15, 0.2) is 11.9 Å². The maximum absolute atomic E-state index is 11.3. The lowest BCUT2D eigenvalue weighted by Crippen LogP contribution is -2.56. The molecule has 13 unspecified atom stereocenters. The first-order valence-electron chi connectivity index (χ1n) is 23.8. The number of aliphatic hydroxyl groups excluding tert-OH is 2. The molecular weight excluding hydrogens is 753 g/mol. The lowest BCUT2D eigenvalue weighted by atomic mass is 9.46. The van der Waals surface area contributed by atoms with Crippen molar-refractivity contribution in [1.82, 2.24) is 10.6 Å². The Kier molecular flexibility index (Phi) is 11.6. The Morgan fingerprint density at radius 1 is 0.983 bits per heavy atom. The highest BCUT2D eigenvalue weighted by atomic mass is 16.6. The largest absolute Gasteiger partial charge is 0.471 e. The summed E-state index contributed by atoms with van der Waals surface area (Å²) in [6.07, 6.45) is 25.5. The molecule has 1 aromatic heterocycles. The molecule has 9 rings (SSSR count). The average molecular weight is 827 g/mol. The minimum atomic E-state index is -0.722. The van der Waals surface area contributed by atoms with Crippen LogP contribution in [0, 0.1) is 40.4 Å². The number of hydrogen-bond donors (Lipinski definition) is 7. The molecule has 330 valence electrons. The van der Waals surface area contributed by atoms with Crippen molar-refractivity contribution in [3.05, 3.63) is 47.4 Å². The van der Waals surface area contributed by atoms with E-state index in [1.54, 1.807) is 7.05 Å². The van der Waals surface area contributed by atoms with Crippen molar-refractivity contribution in [3.8, 4) is 0 Å². The zero-order valence-corrected chi connectivity index (χ0v) is 36.6. The summed E-state index contributed by atoms with van der Waals surface area (Å²) < 4.78 is 12.4. The molecular formula is C49H74N6O5. The van der Waals surface area contributed by atoms with E-state index in [-0.39, 0.29) is 47.5 Å². The molecule has 1 saturated heterocycles. The lowest BCUT2D eigenvalue weighted by Gasteiger charge is -2.59. The number of aryl methyl sites for hydroxylation is 1. The molecule has 2 heterocycles. The van der Waals surface area contributed by atoms with E-state index >= 15 is 0 Å². The number of rotatable bonds is 9. The molecule has 60 heavy (non-hydrogen) atoms. The van der Waals surface area contributed by atoms with Crippen molar-refractivity contribution in [2.45, 2.75) is 178 Å². The van der Waals surface area contributed by atoms with Crippen LogP contribution in [0.3, 0.4) is 0 Å². The number of ether oxygens (including phenoxy) is 1. The molecule has 1 aromatic carbocycles. The summed E-state index contributed by atoms with van der Waals surface area (Å²) in [4.78, 5) is 9.37. The molecule has 13 atom stereocenters. The van der Waals surface area contributed by atoms with Crippen LogP contribution in [-0.4, -0.2) is 76.5 Å². The zero-order chi connectivity index (χ0) is 41.9. The van der Waals surface area contributed by atoms with Crippen molar-refractivity contribution in [3.63, 3.8) is 0 Å². The molecule has 6 fully saturated rings. The third-order valence-corrected chi connectivity index (χ3v) is 17.7. The van der Waals surface area contributed by atoms with E-state index in [0.29, 0.717) is 47.9 Å². The molecule has 0 radical (unpaired) electrons. The van der Waals surface area contributed by atoms with E-state index in [9.17, 15) is 15.3 Å². The maximum Gasteiger partial charge on any atom is 0.190 e. The number of nitrogens with two attached hydrogens (primary N) is 2. The van der Waals surface area contributed by atoms with Crippen LogP contribution in [0.15, 0.2) is 50.7 Å². The normalized spacial score (nSPS) is 42.0. The SMILES string of the molecule is CN=C(N)NC(NC(N)=NC1CCCc2ccc3cocc3c2C1)C1CCC(C2(C)CC3C(=CCO)CC4(CCC(CCC5(O)CCCC(O)C5)C4)C4OC4(C)CCC32)C1. The molecule has 6 aliphatic carbocycles. The first-order valence-corrected chi connectivity index (χ1v) is 23.8. The van der Waals surface area contributed by atoms with Gasteiger partial charge in [0.05, 0.1) is 48.6 Å². The number of fused-ring (bicyclic) bond motifs is 6. The van der Waals surface area contributed by atoms with Crippen molar-refractivity contribution in [2.24, 2.45) is 61.9 Å². The Bertz CT molecular complexity index is 1960. The number of nitrogens with zero attached hydrogens (tertiary/aromatic N) is 2. The fourth-order valence-corrected chi connectivity index (χ4v) is 14.4. The van der Waals surface area contributed by atoms with Gasteiger partial charge in [0, 0.05) is 29.7 Å². The van der Waals surface area contributed by atoms with E-state index in [1.165, 1.54) is 34.9 Å². The summed E-state index contributed by atoms with van der Waals surface area (Å²) in [5.74, 6) is 3.34. The van der Waals surface area contributed by atoms with Crippen LogP contribution in [0.4, 0.5) is 0 Å². The highest BCUT2D eigenvalue weighted by Crippen LogP contribution is 2.69. The van der Waals surface area contributed by atoms with Gasteiger partial charge in [0.25, 0.3) is 0 Å². The van der Waals surface area contributed by atoms with Crippen molar-refractivity contribution >= 4 is 22.7 Å². The Hall–Kier alpha value is -3.12. The number of furan rings is 1. The maximum atomic E-state index is 11.3. The summed E-state index contributed by atoms with van der Waals surface area (Å²) in [5.41, 5.74) is 16.8. The quantitative estimate of drug-likeness (QED) is 0.0349. The molecule has 1 spiro atoms. The van der Waals surface area contributed by atoms with Gasteiger partial charge in [0.1, 0.15) is 6.17 Å². The van der Waals surface area contributed by atoms with Gasteiger partial charge < -0.3 is 46.6 Å². The van der Waals surface area contributed by atoms with Gasteiger partial charge in [-0.1, -0.05) is 30.7 Å². The van der Waals surface area contributed by atoms with Gasteiger partial charge in [-0.3, -0.25) is 4.99 Å². The van der Waals surface area contributed by atoms with Crippen molar-refractivity contribution in [1.29, 1.82) is 0 Å². The van der Waals surface area contributed by atoms with Crippen LogP contribution in [0.5, 0.6) is 0 Å². The molecule has 5 saturated carbocycles. The minimum Gasteiger partial charge on any atom is -0.471 e. The highest BCUT2D eigenvalue weighted by Gasteiger charge is 2.67. The van der Waals surface area contributed by atoms with E-state index in [4.69, 9.17) is 25.6 Å². The summed E-state index contributed by atoms with van der Waals surface area (Å²) in [7, 11) is 1.72. The molecule has 0 bridgehead atoms. The van der Waals surface area contributed by atoms with E-state index in [1.807, 2.05) is 12.5 Å². The van der Waals surface area contributed by atoms with Crippen molar-refractivity contribution in [2.75, 3.05) is 13.7 Å². The first-order chi connectivity index (χ1) is 28.8. The lowest BCUT2D eigenvalue weighted by molar-refractivity contribution is -0.0702. The molecule has 1 aliphatic heterocycles. The third-order valence-electron chi connectivity index (χ3n) is 17.7. The number of nitrogens with one attached hydrogen (secondary N) is 2. The van der Waals surface area contributed by atoms with Crippen LogP contribution in [0.1, 0.15) is 141 Å². The standard InChI is InChI=1S/C49H74N6O5/c1-46(35-12-11-32(22-35)42(54-44(50)52-3)55-45(51)53-36-7-4-6-31-9-10-34-28-59-29-40(34)38(31)23-36)27-39-33(16-21-56)25-48(43-47(2,60-43)18-15-41(39)46)19-13-30(24-48)14-20-49(58)17-5-8-37(57)26-49/h9-10,16,28-30,32,35-37,39,41-43,56-58H,4-8,11-15,17-27H2,1-3H3,(H3,50,52,54)(H3,51,53,55). The second kappa shape index (κ2) is 16.5.